The number of carbonyl (C=O) groups excluding carboxylic acids is 1. The third kappa shape index (κ3) is 5.16. The summed E-state index contributed by atoms with van der Waals surface area (Å²) in [4.78, 5) is 28.1. The number of pyridine rings is 1. The maximum atomic E-state index is 13.9. The Bertz CT molecular complexity index is 1610. The topological polar surface area (TPSA) is 132 Å². The van der Waals surface area contributed by atoms with E-state index in [9.17, 15) is 18.7 Å². The van der Waals surface area contributed by atoms with E-state index in [1.165, 1.54) is 10.7 Å². The summed E-state index contributed by atoms with van der Waals surface area (Å²) in [6.07, 6.45) is 3.57. The van der Waals surface area contributed by atoms with E-state index >= 15 is 0 Å². The molecule has 12 heteroatoms. The van der Waals surface area contributed by atoms with Gasteiger partial charge in [-0.3, -0.25) is 4.79 Å². The van der Waals surface area contributed by atoms with Gasteiger partial charge in [-0.15, -0.1) is 0 Å². The fraction of sp³-hybridized carbons (Fsp3) is 0.345. The zero-order valence-electron chi connectivity index (χ0n) is 22.7. The average Bonchev–Trinajstić information content (AvgIpc) is 3.29. The van der Waals surface area contributed by atoms with Crippen LogP contribution in [0.25, 0.3) is 17.2 Å². The minimum absolute atomic E-state index is 0.101. The standard InChI is InChI=1S/C29H29F2N7O3/c1-15(39)25-20(14-38(36-25)28-33-7-4-8-34-28)27(40)37-12-18-19(13-37)26(18)41-24-11-17(29(2,3)32)10-23(35-24)16-5-6-21(30)22(31)9-16/h4-11,14-15,18-19,26,39H,12-13,32H2,1-3H3/t15?,18-,19+,26+. The maximum absolute atomic E-state index is 13.9. The number of hydrogen-bond donors (Lipinski definition) is 2. The van der Waals surface area contributed by atoms with Crippen molar-refractivity contribution in [1.82, 2.24) is 29.6 Å². The third-order valence-corrected chi connectivity index (χ3v) is 7.55. The highest BCUT2D eigenvalue weighted by Crippen LogP contribution is 2.48. The summed E-state index contributed by atoms with van der Waals surface area (Å²) in [5, 5.41) is 14.6. The molecular weight excluding hydrogens is 532 g/mol. The van der Waals surface area contributed by atoms with Crippen LogP contribution in [0.2, 0.25) is 0 Å². The van der Waals surface area contributed by atoms with E-state index in [2.05, 4.69) is 20.1 Å². The lowest BCUT2D eigenvalue weighted by Gasteiger charge is -2.22. The summed E-state index contributed by atoms with van der Waals surface area (Å²) in [5.74, 6) is -1.31. The Morgan fingerprint density at radius 2 is 1.83 bits per heavy atom. The molecule has 0 spiro atoms. The van der Waals surface area contributed by atoms with Crippen molar-refractivity contribution in [1.29, 1.82) is 0 Å². The second-order valence-corrected chi connectivity index (χ2v) is 11.1. The molecule has 6 rings (SSSR count). The molecule has 41 heavy (non-hydrogen) atoms. The number of ether oxygens (including phenoxy) is 1. The molecular formula is C29H29F2N7O3. The van der Waals surface area contributed by atoms with Crippen LogP contribution in [0.15, 0.2) is 55.0 Å². The average molecular weight is 562 g/mol. The minimum atomic E-state index is -0.966. The number of benzene rings is 1. The van der Waals surface area contributed by atoms with E-state index in [1.807, 2.05) is 13.8 Å². The van der Waals surface area contributed by atoms with Gasteiger partial charge in [-0.2, -0.15) is 5.10 Å². The molecule has 1 aromatic carbocycles. The Kier molecular flexibility index (Phi) is 6.54. The first-order valence-corrected chi connectivity index (χ1v) is 13.3. The van der Waals surface area contributed by atoms with Crippen molar-refractivity contribution in [2.24, 2.45) is 17.6 Å². The number of carbonyl (C=O) groups is 1. The molecule has 1 saturated carbocycles. The minimum Gasteiger partial charge on any atom is -0.474 e. The molecule has 4 atom stereocenters. The van der Waals surface area contributed by atoms with Crippen molar-refractivity contribution in [2.45, 2.75) is 38.5 Å². The van der Waals surface area contributed by atoms with Crippen LogP contribution in [0, 0.1) is 23.5 Å². The molecule has 2 aliphatic rings. The van der Waals surface area contributed by atoms with Gasteiger partial charge in [0, 0.05) is 60.7 Å². The SMILES string of the molecule is CC(O)c1nn(-c2ncccn2)cc1C(=O)N1C[C@@H]2[C@H](C1)[C@H]2Oc1cc(C(C)(C)N)cc(-c2ccc(F)c(F)c2)n1. The Morgan fingerprint density at radius 1 is 1.12 bits per heavy atom. The van der Waals surface area contributed by atoms with Crippen LogP contribution in [0.5, 0.6) is 5.88 Å². The fourth-order valence-corrected chi connectivity index (χ4v) is 5.24. The van der Waals surface area contributed by atoms with Gasteiger partial charge in [-0.1, -0.05) is 0 Å². The van der Waals surface area contributed by atoms with Crippen LogP contribution >= 0.6 is 0 Å². The number of fused-ring (bicyclic) bond motifs is 1. The predicted octanol–water partition coefficient (Wildman–Crippen LogP) is 3.40. The van der Waals surface area contributed by atoms with Gasteiger partial charge in [-0.25, -0.2) is 28.4 Å². The maximum Gasteiger partial charge on any atom is 0.257 e. The number of halogens is 2. The van der Waals surface area contributed by atoms with E-state index in [0.29, 0.717) is 41.7 Å². The van der Waals surface area contributed by atoms with Crippen LogP contribution < -0.4 is 10.5 Å². The van der Waals surface area contributed by atoms with E-state index in [4.69, 9.17) is 10.5 Å². The van der Waals surface area contributed by atoms with E-state index in [1.54, 1.807) is 48.6 Å². The number of nitrogens with zero attached hydrogens (tertiary/aromatic N) is 6. The van der Waals surface area contributed by atoms with Gasteiger partial charge in [0.25, 0.3) is 5.91 Å². The molecule has 4 aromatic rings. The van der Waals surface area contributed by atoms with Gasteiger partial charge in [0.05, 0.1) is 17.4 Å². The summed E-state index contributed by atoms with van der Waals surface area (Å²) in [6, 6.07) is 8.79. The quantitative estimate of drug-likeness (QED) is 0.351. The molecule has 1 aliphatic carbocycles. The lowest BCUT2D eigenvalue weighted by atomic mass is 9.95. The Balaban J connectivity index is 1.18. The Hall–Kier alpha value is -4.29. The molecule has 3 aromatic heterocycles. The highest BCUT2D eigenvalue weighted by molar-refractivity contribution is 5.95. The highest BCUT2D eigenvalue weighted by atomic mass is 19.2. The molecule has 1 aliphatic heterocycles. The van der Waals surface area contributed by atoms with E-state index in [0.717, 1.165) is 17.7 Å². The van der Waals surface area contributed by atoms with Gasteiger partial charge >= 0.3 is 0 Å². The first kappa shape index (κ1) is 26.9. The number of likely N-dealkylation sites (tertiary alicyclic amines) is 1. The van der Waals surface area contributed by atoms with E-state index in [-0.39, 0.29) is 29.5 Å². The molecule has 1 saturated heterocycles. The van der Waals surface area contributed by atoms with Crippen LogP contribution in [-0.2, 0) is 5.54 Å². The smallest absolute Gasteiger partial charge is 0.257 e. The number of amides is 1. The van der Waals surface area contributed by atoms with Crippen LogP contribution in [0.4, 0.5) is 8.78 Å². The third-order valence-electron chi connectivity index (χ3n) is 7.55. The molecule has 10 nitrogen and oxygen atoms in total. The normalized spacial score (nSPS) is 20.6. The number of hydrogen-bond acceptors (Lipinski definition) is 8. The van der Waals surface area contributed by atoms with Gasteiger partial charge in [-0.05, 0) is 56.7 Å². The monoisotopic (exact) mass is 561 g/mol. The summed E-state index contributed by atoms with van der Waals surface area (Å²) in [5.41, 5.74) is 7.73. The number of aromatic nitrogens is 5. The Labute approximate surface area is 234 Å². The molecule has 0 bridgehead atoms. The van der Waals surface area contributed by atoms with Crippen molar-refractivity contribution < 1.29 is 23.4 Å². The largest absolute Gasteiger partial charge is 0.474 e. The van der Waals surface area contributed by atoms with Crippen LogP contribution in [0.1, 0.15) is 48.5 Å². The van der Waals surface area contributed by atoms with Gasteiger partial charge in [0.2, 0.25) is 11.8 Å². The predicted molar refractivity (Wildman–Crippen MR) is 144 cm³/mol. The molecule has 0 radical (unpaired) electrons. The lowest BCUT2D eigenvalue weighted by molar-refractivity contribution is 0.0745. The number of nitrogens with two attached hydrogens (primary N) is 1. The number of piperidine rings is 1. The number of aliphatic hydroxyl groups excluding tert-OH is 1. The molecule has 3 N–H and O–H groups in total. The zero-order valence-corrected chi connectivity index (χ0v) is 22.7. The summed E-state index contributed by atoms with van der Waals surface area (Å²) >= 11 is 0. The van der Waals surface area contributed by atoms with Crippen molar-refractivity contribution in [2.75, 3.05) is 13.1 Å². The molecule has 212 valence electrons. The zero-order chi connectivity index (χ0) is 29.1. The summed E-state index contributed by atoms with van der Waals surface area (Å²) in [6.45, 7) is 6.17. The van der Waals surface area contributed by atoms with Crippen molar-refractivity contribution in [3.8, 4) is 23.1 Å². The van der Waals surface area contributed by atoms with E-state index < -0.39 is 23.3 Å². The molecule has 1 amide bonds. The van der Waals surface area contributed by atoms with Crippen molar-refractivity contribution in [3.63, 3.8) is 0 Å². The van der Waals surface area contributed by atoms with Crippen LogP contribution in [-0.4, -0.2) is 59.8 Å². The number of rotatable bonds is 7. The van der Waals surface area contributed by atoms with Gasteiger partial charge < -0.3 is 20.5 Å². The van der Waals surface area contributed by atoms with Gasteiger partial charge in [0.15, 0.2) is 11.6 Å². The Morgan fingerprint density at radius 3 is 2.46 bits per heavy atom. The first-order valence-electron chi connectivity index (χ1n) is 13.3. The number of aliphatic hydroxyl groups is 1. The molecule has 4 heterocycles. The lowest BCUT2D eigenvalue weighted by Crippen LogP contribution is -2.34. The van der Waals surface area contributed by atoms with Gasteiger partial charge in [0.1, 0.15) is 11.8 Å². The fourth-order valence-electron chi connectivity index (χ4n) is 5.24. The van der Waals surface area contributed by atoms with Crippen molar-refractivity contribution in [3.05, 3.63) is 83.4 Å². The molecule has 1 unspecified atom stereocenters. The second kappa shape index (κ2) is 9.96. The second-order valence-electron chi connectivity index (χ2n) is 11.1. The first-order chi connectivity index (χ1) is 19.5. The van der Waals surface area contributed by atoms with Crippen molar-refractivity contribution >= 4 is 5.91 Å². The van der Waals surface area contributed by atoms with Crippen LogP contribution in [0.3, 0.4) is 0 Å². The highest BCUT2D eigenvalue weighted by Gasteiger charge is 2.59. The summed E-state index contributed by atoms with van der Waals surface area (Å²) < 4.78 is 35.1. The molecule has 2 fully saturated rings. The summed E-state index contributed by atoms with van der Waals surface area (Å²) in [7, 11) is 0.